The van der Waals surface area contributed by atoms with E-state index >= 15 is 0 Å². The van der Waals surface area contributed by atoms with Gasteiger partial charge < -0.3 is 0 Å². The third-order valence-corrected chi connectivity index (χ3v) is 10.5. The van der Waals surface area contributed by atoms with E-state index in [-0.39, 0.29) is 5.04 Å². The van der Waals surface area contributed by atoms with Crippen LogP contribution in [0.3, 0.4) is 0 Å². The zero-order chi connectivity index (χ0) is 18.4. The summed E-state index contributed by atoms with van der Waals surface area (Å²) in [6.07, 6.45) is 0. The molecule has 0 heterocycles. The van der Waals surface area contributed by atoms with Gasteiger partial charge in [-0.05, 0) is 0 Å². The summed E-state index contributed by atoms with van der Waals surface area (Å²) in [5.74, 6) is 0.530. The summed E-state index contributed by atoms with van der Waals surface area (Å²) in [4.78, 5) is 10.3. The van der Waals surface area contributed by atoms with Crippen molar-refractivity contribution in [3.63, 3.8) is 0 Å². The van der Waals surface area contributed by atoms with Gasteiger partial charge in [-0.1, -0.05) is 0 Å². The summed E-state index contributed by atoms with van der Waals surface area (Å²) in [7, 11) is -5.37. The van der Waals surface area contributed by atoms with Crippen molar-refractivity contribution in [1.29, 1.82) is 0 Å². The maximum atomic E-state index is 10.3. The van der Waals surface area contributed by atoms with Crippen LogP contribution >= 0.6 is 8.17 Å². The number of hydrogen-bond donors (Lipinski definition) is 1. The van der Waals surface area contributed by atoms with Crippen LogP contribution in [-0.2, 0) is 20.1 Å². The van der Waals surface area contributed by atoms with Crippen LogP contribution in [0.1, 0.15) is 40.2 Å². The van der Waals surface area contributed by atoms with Crippen molar-refractivity contribution in [2.45, 2.75) is 59.4 Å². The molecule has 1 N–H and O–H groups in total. The second-order valence-electron chi connectivity index (χ2n) is 7.18. The minimum absolute atomic E-state index is 0.188. The first-order valence-electron chi connectivity index (χ1n) is 8.45. The van der Waals surface area contributed by atoms with Gasteiger partial charge in [-0.2, -0.15) is 0 Å². The van der Waals surface area contributed by atoms with Crippen LogP contribution in [0.25, 0.3) is 0 Å². The van der Waals surface area contributed by atoms with Gasteiger partial charge in [-0.15, -0.1) is 0 Å². The van der Waals surface area contributed by atoms with E-state index < -0.39 is 16.5 Å². The Hall–Kier alpha value is -0.493. The summed E-state index contributed by atoms with van der Waals surface area (Å²) in [5.41, 5.74) is 1.07. The fraction of sp³-hybridized carbons (Fsp3) is 0.647. The molecule has 0 radical (unpaired) electrons. The Bertz CT molecular complexity index is 493. The molecule has 0 aromatic heterocycles. The topological polar surface area (TPSA) is 57.2 Å². The van der Waals surface area contributed by atoms with E-state index in [1.807, 2.05) is 12.1 Å². The second kappa shape index (κ2) is 8.74. The van der Waals surface area contributed by atoms with Crippen LogP contribution in [0.2, 0.25) is 18.1 Å². The van der Waals surface area contributed by atoms with E-state index in [0.29, 0.717) is 25.6 Å². The van der Waals surface area contributed by atoms with Crippen molar-refractivity contribution in [3.05, 3.63) is 29.8 Å². The third-order valence-electron chi connectivity index (χ3n) is 4.23. The SMILES string of the molecule is CCO[PH](O)(OCC)Oc1ccc(CO[Si](C)(C)C(C)(C)C)cc1. The fourth-order valence-electron chi connectivity index (χ4n) is 1.75. The molecule has 0 saturated carbocycles. The van der Waals surface area contributed by atoms with E-state index in [9.17, 15) is 4.89 Å². The fourth-order valence-corrected chi connectivity index (χ4v) is 4.07. The van der Waals surface area contributed by atoms with E-state index in [0.717, 1.165) is 5.56 Å². The molecule has 24 heavy (non-hydrogen) atoms. The number of benzene rings is 1. The summed E-state index contributed by atoms with van der Waals surface area (Å²) in [6, 6.07) is 7.49. The van der Waals surface area contributed by atoms with Gasteiger partial charge in [-0.3, -0.25) is 0 Å². The van der Waals surface area contributed by atoms with Crippen LogP contribution in [0.15, 0.2) is 24.3 Å². The van der Waals surface area contributed by atoms with Gasteiger partial charge in [0.1, 0.15) is 0 Å². The zero-order valence-corrected chi connectivity index (χ0v) is 18.0. The van der Waals surface area contributed by atoms with Crippen molar-refractivity contribution in [2.24, 2.45) is 0 Å². The van der Waals surface area contributed by atoms with Crippen LogP contribution in [0.4, 0.5) is 0 Å². The van der Waals surface area contributed by atoms with E-state index in [1.165, 1.54) is 0 Å². The number of hydrogen-bond acceptors (Lipinski definition) is 5. The number of rotatable bonds is 9. The predicted molar refractivity (Wildman–Crippen MR) is 103 cm³/mol. The normalized spacial score (nSPS) is 13.8. The van der Waals surface area contributed by atoms with E-state index in [1.54, 1.807) is 26.0 Å². The zero-order valence-electron chi connectivity index (χ0n) is 16.0. The van der Waals surface area contributed by atoms with Gasteiger partial charge >= 0.3 is 148 Å². The van der Waals surface area contributed by atoms with Crippen LogP contribution in [0.5, 0.6) is 5.75 Å². The Balaban J connectivity index is 2.69. The van der Waals surface area contributed by atoms with Crippen molar-refractivity contribution in [2.75, 3.05) is 13.2 Å². The van der Waals surface area contributed by atoms with Crippen LogP contribution in [-0.4, -0.2) is 26.4 Å². The van der Waals surface area contributed by atoms with Crippen molar-refractivity contribution in [1.82, 2.24) is 0 Å². The average molecular weight is 377 g/mol. The Morgan fingerprint density at radius 1 is 1.00 bits per heavy atom. The molecule has 0 amide bonds. The molecule has 0 fully saturated rings. The second-order valence-corrected chi connectivity index (χ2v) is 13.8. The molecule has 7 heteroatoms. The van der Waals surface area contributed by atoms with E-state index in [2.05, 4.69) is 33.9 Å². The Morgan fingerprint density at radius 2 is 1.50 bits per heavy atom. The molecule has 0 bridgehead atoms. The summed E-state index contributed by atoms with van der Waals surface area (Å²) in [5, 5.41) is 0.188. The molecule has 0 aliphatic carbocycles. The molecule has 1 rings (SSSR count). The molecule has 0 aliphatic rings. The third kappa shape index (κ3) is 6.43. The van der Waals surface area contributed by atoms with E-state index in [4.69, 9.17) is 18.0 Å². The van der Waals surface area contributed by atoms with Gasteiger partial charge in [0.2, 0.25) is 0 Å². The molecule has 0 saturated heterocycles. The standard InChI is InChI=1S/C17H33O5PSi/c1-8-19-23(18,20-9-2)22-16-12-10-15(11-13-16)14-21-24(6,7)17(3,4)5/h10-13,18,23H,8-9,14H2,1-7H3. The Labute approximate surface area is 148 Å². The van der Waals surface area contributed by atoms with Gasteiger partial charge in [0.05, 0.1) is 0 Å². The molecule has 0 spiro atoms. The molecule has 1 aromatic rings. The van der Waals surface area contributed by atoms with Gasteiger partial charge in [0.25, 0.3) is 0 Å². The first-order valence-corrected chi connectivity index (χ1v) is 13.0. The van der Waals surface area contributed by atoms with Crippen molar-refractivity contribution >= 4 is 16.5 Å². The average Bonchev–Trinajstić information content (AvgIpc) is 2.45. The van der Waals surface area contributed by atoms with Gasteiger partial charge in [0, 0.05) is 0 Å². The molecule has 0 atom stereocenters. The molecule has 1 aromatic carbocycles. The summed E-state index contributed by atoms with van der Waals surface area (Å²) >= 11 is 0. The van der Waals surface area contributed by atoms with Crippen molar-refractivity contribution in [3.8, 4) is 5.75 Å². The molecular formula is C17H33O5PSi. The molecular weight excluding hydrogens is 343 g/mol. The van der Waals surface area contributed by atoms with Crippen molar-refractivity contribution < 1.29 is 22.9 Å². The Morgan fingerprint density at radius 3 is 1.92 bits per heavy atom. The molecule has 5 nitrogen and oxygen atoms in total. The quantitative estimate of drug-likeness (QED) is 0.482. The van der Waals surface area contributed by atoms with Crippen LogP contribution < -0.4 is 4.52 Å². The first kappa shape index (κ1) is 21.5. The molecule has 0 unspecified atom stereocenters. The van der Waals surface area contributed by atoms with Gasteiger partial charge in [-0.25, -0.2) is 0 Å². The maximum absolute atomic E-state index is 10.3. The molecule has 140 valence electrons. The van der Waals surface area contributed by atoms with Gasteiger partial charge in [0.15, 0.2) is 0 Å². The minimum atomic E-state index is -3.61. The predicted octanol–water partition coefficient (Wildman–Crippen LogP) is 5.06. The molecule has 0 aliphatic heterocycles. The monoisotopic (exact) mass is 376 g/mol. The Kier molecular flexibility index (Phi) is 7.85. The summed E-state index contributed by atoms with van der Waals surface area (Å²) < 4.78 is 22.3. The van der Waals surface area contributed by atoms with Crippen LogP contribution in [0, 0.1) is 0 Å². The summed E-state index contributed by atoms with van der Waals surface area (Å²) in [6.45, 7) is 16.0. The first-order chi connectivity index (χ1) is 11.0.